The molecule has 2 rings (SSSR count). The first-order chi connectivity index (χ1) is 8.03. The number of benzene rings is 1. The molecule has 0 bridgehead atoms. The van der Waals surface area contributed by atoms with Gasteiger partial charge in [-0.05, 0) is 37.5 Å². The third-order valence-corrected chi connectivity index (χ3v) is 3.80. The summed E-state index contributed by atoms with van der Waals surface area (Å²) in [6.45, 7) is 2.39. The lowest BCUT2D eigenvalue weighted by Crippen LogP contribution is -2.41. The van der Waals surface area contributed by atoms with Crippen LogP contribution in [0.2, 0.25) is 0 Å². The van der Waals surface area contributed by atoms with Gasteiger partial charge in [0.25, 0.3) is 0 Å². The molecule has 5 heteroatoms. The number of nitrogens with two attached hydrogens (primary N) is 1. The molecule has 0 heterocycles. The molecule has 1 aliphatic rings. The van der Waals surface area contributed by atoms with E-state index in [2.05, 4.69) is 33.4 Å². The van der Waals surface area contributed by atoms with Gasteiger partial charge in [-0.15, -0.1) is 12.4 Å². The Labute approximate surface area is 122 Å². The SMILES string of the molecule is C[C@@H](N)C(=O)NCC1(c2cccc(Br)c2)CC1.Cl. The van der Waals surface area contributed by atoms with Crippen LogP contribution in [-0.4, -0.2) is 18.5 Å². The van der Waals surface area contributed by atoms with Crippen molar-refractivity contribution in [3.8, 4) is 0 Å². The lowest BCUT2D eigenvalue weighted by Gasteiger charge is -2.17. The summed E-state index contributed by atoms with van der Waals surface area (Å²) in [5.41, 5.74) is 6.95. The number of halogens is 2. The molecule has 0 saturated heterocycles. The zero-order chi connectivity index (χ0) is 12.5. The second kappa shape index (κ2) is 6.04. The molecule has 0 radical (unpaired) electrons. The Balaban J connectivity index is 0.00000162. The summed E-state index contributed by atoms with van der Waals surface area (Å²) in [5.74, 6) is -0.0775. The van der Waals surface area contributed by atoms with Crippen LogP contribution in [-0.2, 0) is 10.2 Å². The lowest BCUT2D eigenvalue weighted by atomic mass is 9.96. The number of amides is 1. The van der Waals surface area contributed by atoms with Crippen LogP contribution in [0.1, 0.15) is 25.3 Å². The van der Waals surface area contributed by atoms with Crippen LogP contribution in [0.25, 0.3) is 0 Å². The molecule has 1 aromatic rings. The van der Waals surface area contributed by atoms with Gasteiger partial charge in [-0.3, -0.25) is 4.79 Å². The third kappa shape index (κ3) is 3.46. The van der Waals surface area contributed by atoms with Crippen molar-refractivity contribution in [2.24, 2.45) is 5.73 Å². The first-order valence-corrected chi connectivity index (χ1v) is 6.62. The van der Waals surface area contributed by atoms with Crippen molar-refractivity contribution < 1.29 is 4.79 Å². The van der Waals surface area contributed by atoms with E-state index in [1.165, 1.54) is 5.56 Å². The van der Waals surface area contributed by atoms with Gasteiger partial charge in [-0.2, -0.15) is 0 Å². The average Bonchev–Trinajstić information content (AvgIpc) is 3.07. The summed E-state index contributed by atoms with van der Waals surface area (Å²) in [5, 5.41) is 2.92. The summed E-state index contributed by atoms with van der Waals surface area (Å²) >= 11 is 3.48. The molecule has 0 aliphatic heterocycles. The van der Waals surface area contributed by atoms with Crippen LogP contribution in [0.15, 0.2) is 28.7 Å². The average molecular weight is 334 g/mol. The van der Waals surface area contributed by atoms with Gasteiger partial charge in [0.15, 0.2) is 0 Å². The Bertz CT molecular complexity index is 433. The molecule has 1 atom stereocenters. The maximum absolute atomic E-state index is 11.5. The number of carbonyl (C=O) groups is 1. The van der Waals surface area contributed by atoms with Crippen LogP contribution in [0.3, 0.4) is 0 Å². The molecule has 1 aliphatic carbocycles. The molecule has 0 spiro atoms. The van der Waals surface area contributed by atoms with E-state index in [-0.39, 0.29) is 23.7 Å². The highest BCUT2D eigenvalue weighted by molar-refractivity contribution is 9.10. The van der Waals surface area contributed by atoms with Gasteiger partial charge in [-0.25, -0.2) is 0 Å². The maximum Gasteiger partial charge on any atom is 0.236 e. The lowest BCUT2D eigenvalue weighted by molar-refractivity contribution is -0.122. The van der Waals surface area contributed by atoms with Crippen molar-refractivity contribution in [2.45, 2.75) is 31.2 Å². The molecule has 18 heavy (non-hydrogen) atoms. The van der Waals surface area contributed by atoms with Crippen LogP contribution in [0.4, 0.5) is 0 Å². The zero-order valence-corrected chi connectivity index (χ0v) is 12.7. The number of hydrogen-bond acceptors (Lipinski definition) is 2. The highest BCUT2D eigenvalue weighted by Gasteiger charge is 2.44. The van der Waals surface area contributed by atoms with E-state index < -0.39 is 6.04 Å². The van der Waals surface area contributed by atoms with Crippen molar-refractivity contribution in [3.05, 3.63) is 34.3 Å². The molecule has 1 saturated carbocycles. The Morgan fingerprint density at radius 1 is 1.56 bits per heavy atom. The fourth-order valence-electron chi connectivity index (χ4n) is 1.95. The summed E-state index contributed by atoms with van der Waals surface area (Å²) in [6, 6.07) is 7.86. The summed E-state index contributed by atoms with van der Waals surface area (Å²) in [4.78, 5) is 11.5. The molecule has 0 unspecified atom stereocenters. The van der Waals surface area contributed by atoms with Crippen LogP contribution in [0, 0.1) is 0 Å². The fraction of sp³-hybridized carbons (Fsp3) is 0.462. The van der Waals surface area contributed by atoms with E-state index in [9.17, 15) is 4.79 Å². The predicted molar refractivity (Wildman–Crippen MR) is 79.0 cm³/mol. The van der Waals surface area contributed by atoms with E-state index in [4.69, 9.17) is 5.73 Å². The summed E-state index contributed by atoms with van der Waals surface area (Å²) < 4.78 is 1.08. The van der Waals surface area contributed by atoms with Crippen molar-refractivity contribution in [1.29, 1.82) is 0 Å². The summed E-state index contributed by atoms with van der Waals surface area (Å²) in [6.07, 6.45) is 2.26. The quantitative estimate of drug-likeness (QED) is 0.889. The molecule has 1 aromatic carbocycles. The molecule has 0 aromatic heterocycles. The van der Waals surface area contributed by atoms with Crippen molar-refractivity contribution >= 4 is 34.2 Å². The highest BCUT2D eigenvalue weighted by atomic mass is 79.9. The Hall–Kier alpha value is -0.580. The minimum Gasteiger partial charge on any atom is -0.354 e. The topological polar surface area (TPSA) is 55.1 Å². The van der Waals surface area contributed by atoms with Crippen LogP contribution in [0.5, 0.6) is 0 Å². The van der Waals surface area contributed by atoms with Crippen molar-refractivity contribution in [3.63, 3.8) is 0 Å². The molecule has 3 N–H and O–H groups in total. The number of hydrogen-bond donors (Lipinski definition) is 2. The first kappa shape index (κ1) is 15.5. The first-order valence-electron chi connectivity index (χ1n) is 5.83. The molecule has 1 amide bonds. The van der Waals surface area contributed by atoms with Gasteiger partial charge in [0.2, 0.25) is 5.91 Å². The van der Waals surface area contributed by atoms with Crippen molar-refractivity contribution in [1.82, 2.24) is 5.32 Å². The third-order valence-electron chi connectivity index (χ3n) is 3.31. The van der Waals surface area contributed by atoms with E-state index in [0.29, 0.717) is 6.54 Å². The van der Waals surface area contributed by atoms with Crippen LogP contribution >= 0.6 is 28.3 Å². The minimum atomic E-state index is -0.437. The smallest absolute Gasteiger partial charge is 0.236 e. The molecular weight excluding hydrogens is 316 g/mol. The largest absolute Gasteiger partial charge is 0.354 e. The van der Waals surface area contributed by atoms with E-state index in [1.807, 2.05) is 12.1 Å². The molecular formula is C13H18BrClN2O. The molecule has 100 valence electrons. The van der Waals surface area contributed by atoms with Gasteiger partial charge < -0.3 is 11.1 Å². The minimum absolute atomic E-state index is 0. The van der Waals surface area contributed by atoms with E-state index >= 15 is 0 Å². The second-order valence-corrected chi connectivity index (χ2v) is 5.71. The van der Waals surface area contributed by atoms with Gasteiger partial charge >= 0.3 is 0 Å². The normalized spacial score (nSPS) is 17.5. The van der Waals surface area contributed by atoms with Gasteiger partial charge in [-0.1, -0.05) is 28.1 Å². The zero-order valence-electron chi connectivity index (χ0n) is 10.3. The number of carbonyl (C=O) groups excluding carboxylic acids is 1. The van der Waals surface area contributed by atoms with E-state index in [0.717, 1.165) is 17.3 Å². The van der Waals surface area contributed by atoms with Gasteiger partial charge in [0.1, 0.15) is 0 Å². The maximum atomic E-state index is 11.5. The Kier molecular flexibility index (Phi) is 5.20. The Morgan fingerprint density at radius 3 is 2.72 bits per heavy atom. The fourth-order valence-corrected chi connectivity index (χ4v) is 2.35. The molecule has 1 fully saturated rings. The molecule has 3 nitrogen and oxygen atoms in total. The van der Waals surface area contributed by atoms with Gasteiger partial charge in [0.05, 0.1) is 6.04 Å². The predicted octanol–water partition coefficient (Wildman–Crippen LogP) is 2.37. The highest BCUT2D eigenvalue weighted by Crippen LogP contribution is 2.48. The monoisotopic (exact) mass is 332 g/mol. The van der Waals surface area contributed by atoms with Gasteiger partial charge in [0, 0.05) is 16.4 Å². The second-order valence-electron chi connectivity index (χ2n) is 4.80. The summed E-state index contributed by atoms with van der Waals surface area (Å²) in [7, 11) is 0. The standard InChI is InChI=1S/C13H17BrN2O.ClH/c1-9(15)12(17)16-8-13(5-6-13)10-3-2-4-11(14)7-10;/h2-4,7,9H,5-6,8,15H2,1H3,(H,16,17);1H/t9-;/m1./s1. The Morgan fingerprint density at radius 2 is 2.22 bits per heavy atom. The van der Waals surface area contributed by atoms with Crippen LogP contribution < -0.4 is 11.1 Å². The number of nitrogens with one attached hydrogen (secondary N) is 1. The van der Waals surface area contributed by atoms with E-state index in [1.54, 1.807) is 6.92 Å². The van der Waals surface area contributed by atoms with Crippen molar-refractivity contribution in [2.75, 3.05) is 6.54 Å². The number of rotatable bonds is 4.